The Balaban J connectivity index is 2.00. The molecule has 0 bridgehead atoms. The first-order valence-corrected chi connectivity index (χ1v) is 8.69. The number of hydrogen-bond acceptors (Lipinski definition) is 5. The Bertz CT molecular complexity index is 1060. The highest BCUT2D eigenvalue weighted by Crippen LogP contribution is 2.24. The van der Waals surface area contributed by atoms with Gasteiger partial charge < -0.3 is 5.73 Å². The molecule has 0 fully saturated rings. The van der Waals surface area contributed by atoms with Crippen molar-refractivity contribution in [1.82, 2.24) is 15.4 Å². The van der Waals surface area contributed by atoms with Crippen molar-refractivity contribution in [2.75, 3.05) is 0 Å². The molecule has 1 aromatic carbocycles. The average molecular weight is 385 g/mol. The van der Waals surface area contributed by atoms with Gasteiger partial charge in [-0.05, 0) is 35.4 Å². The fourth-order valence-electron chi connectivity index (χ4n) is 2.56. The van der Waals surface area contributed by atoms with Gasteiger partial charge in [-0.25, -0.2) is 10.5 Å². The molecule has 7 heteroatoms. The maximum atomic E-state index is 11.7. The van der Waals surface area contributed by atoms with E-state index >= 15 is 0 Å². The molecule has 0 aliphatic heterocycles. The topological polar surface area (TPSA) is 113 Å². The normalized spacial score (nSPS) is 11.8. The Labute approximate surface area is 167 Å². The third kappa shape index (κ3) is 5.00. The van der Waals surface area contributed by atoms with Crippen LogP contribution in [0, 0.1) is 0 Å². The van der Waals surface area contributed by atoms with Crippen molar-refractivity contribution in [2.45, 2.75) is 0 Å². The fraction of sp³-hybridized carbons (Fsp3) is 0. The van der Waals surface area contributed by atoms with Crippen LogP contribution in [-0.4, -0.2) is 26.9 Å². The van der Waals surface area contributed by atoms with Gasteiger partial charge in [-0.2, -0.15) is 0 Å². The second-order valence-electron chi connectivity index (χ2n) is 6.05. The minimum absolute atomic E-state index is 0.0292. The predicted molar refractivity (Wildman–Crippen MR) is 112 cm³/mol. The van der Waals surface area contributed by atoms with E-state index in [0.29, 0.717) is 11.3 Å². The molecule has 0 atom stereocenters. The first kappa shape index (κ1) is 19.7. The van der Waals surface area contributed by atoms with Gasteiger partial charge >= 0.3 is 0 Å². The molecule has 144 valence electrons. The minimum atomic E-state index is -0.732. The number of carbonyl (C=O) groups is 1. The Hall–Kier alpha value is -4.10. The van der Waals surface area contributed by atoms with Crippen LogP contribution in [0.5, 0.6) is 0 Å². The van der Waals surface area contributed by atoms with Crippen molar-refractivity contribution in [2.24, 2.45) is 10.7 Å². The number of nitrogens with zero attached hydrogens (tertiary/aromatic N) is 3. The van der Waals surface area contributed by atoms with Gasteiger partial charge in [0.05, 0.1) is 5.70 Å². The van der Waals surface area contributed by atoms with Crippen molar-refractivity contribution in [1.29, 1.82) is 0 Å². The van der Waals surface area contributed by atoms with Crippen molar-refractivity contribution in [3.8, 4) is 11.1 Å². The van der Waals surface area contributed by atoms with Gasteiger partial charge in [-0.15, -0.1) is 0 Å². The molecule has 0 unspecified atom stereocenters. The number of amides is 1. The zero-order valence-electron chi connectivity index (χ0n) is 15.5. The zero-order valence-corrected chi connectivity index (χ0v) is 15.5. The molecule has 2 aromatic heterocycles. The maximum absolute atomic E-state index is 11.7. The number of benzene rings is 1. The molecule has 0 aliphatic carbocycles. The molecule has 7 nitrogen and oxygen atoms in total. The van der Waals surface area contributed by atoms with Crippen molar-refractivity contribution >= 4 is 17.4 Å². The van der Waals surface area contributed by atoms with Gasteiger partial charge in [0, 0.05) is 41.5 Å². The van der Waals surface area contributed by atoms with Gasteiger partial charge in [0.2, 0.25) is 0 Å². The van der Waals surface area contributed by atoms with Gasteiger partial charge in [0.25, 0.3) is 5.91 Å². The first-order chi connectivity index (χ1) is 14.1. The number of hydroxylamine groups is 1. The number of nitrogens with one attached hydrogen (secondary N) is 1. The van der Waals surface area contributed by atoms with Gasteiger partial charge in [0.15, 0.2) is 0 Å². The van der Waals surface area contributed by atoms with E-state index in [0.717, 1.165) is 16.7 Å². The van der Waals surface area contributed by atoms with Gasteiger partial charge in [-0.3, -0.25) is 20.0 Å². The molecule has 2 heterocycles. The lowest BCUT2D eigenvalue weighted by atomic mass is 10.0. The molecule has 3 aromatic rings. The second-order valence-corrected chi connectivity index (χ2v) is 6.05. The summed E-state index contributed by atoms with van der Waals surface area (Å²) in [5, 5.41) is 8.85. The third-order valence-corrected chi connectivity index (χ3v) is 4.08. The van der Waals surface area contributed by atoms with Crippen LogP contribution in [0.4, 0.5) is 0 Å². The number of aliphatic imine (C=N–C) groups is 1. The largest absolute Gasteiger partial charge is 0.383 e. The summed E-state index contributed by atoms with van der Waals surface area (Å²) in [5.41, 5.74) is 11.4. The molecule has 29 heavy (non-hydrogen) atoms. The van der Waals surface area contributed by atoms with Crippen molar-refractivity contribution in [3.05, 3.63) is 103 Å². The summed E-state index contributed by atoms with van der Waals surface area (Å²) in [7, 11) is 0. The Kier molecular flexibility index (Phi) is 6.24. The standard InChI is InChI=1S/C22H19N5O2/c1-15(22(28)27-29)12-20(26-21(23)19-5-3-11-25-14-19)17-8-6-16(7-9-17)18-4-2-10-24-13-18/h2-14,29H,1H2,(H2,23,26)(H,27,28)/b20-12-. The Morgan fingerprint density at radius 3 is 2.28 bits per heavy atom. The van der Waals surface area contributed by atoms with Crippen LogP contribution >= 0.6 is 0 Å². The zero-order chi connectivity index (χ0) is 20.6. The number of carbonyl (C=O) groups excluding carboxylic acids is 1. The molecule has 4 N–H and O–H groups in total. The number of rotatable bonds is 6. The quantitative estimate of drug-likeness (QED) is 0.151. The minimum Gasteiger partial charge on any atom is -0.383 e. The van der Waals surface area contributed by atoms with E-state index in [1.54, 1.807) is 42.4 Å². The summed E-state index contributed by atoms with van der Waals surface area (Å²) in [6, 6.07) is 14.9. The van der Waals surface area contributed by atoms with Gasteiger partial charge in [0.1, 0.15) is 5.84 Å². The van der Waals surface area contributed by atoms with Crippen LogP contribution in [0.1, 0.15) is 11.1 Å². The number of pyridine rings is 2. The molecule has 0 saturated heterocycles. The molecule has 0 radical (unpaired) electrons. The van der Waals surface area contributed by atoms with Gasteiger partial charge in [-0.1, -0.05) is 36.9 Å². The summed E-state index contributed by atoms with van der Waals surface area (Å²) >= 11 is 0. The van der Waals surface area contributed by atoms with Crippen molar-refractivity contribution < 1.29 is 10.0 Å². The smallest absolute Gasteiger partial charge is 0.274 e. The van der Waals surface area contributed by atoms with E-state index in [1.165, 1.54) is 6.08 Å². The number of amidine groups is 1. The molecular formula is C22H19N5O2. The molecule has 0 aliphatic rings. The summed E-state index contributed by atoms with van der Waals surface area (Å²) in [5.74, 6) is -0.498. The van der Waals surface area contributed by atoms with Crippen LogP contribution < -0.4 is 11.2 Å². The summed E-state index contributed by atoms with van der Waals surface area (Å²) < 4.78 is 0. The average Bonchev–Trinajstić information content (AvgIpc) is 2.79. The Morgan fingerprint density at radius 1 is 1.00 bits per heavy atom. The SMILES string of the molecule is C=C(/C=C(\N=C(/N)c1cccnc1)c1ccc(-c2cccnc2)cc1)C(=O)NO. The molecule has 0 spiro atoms. The lowest BCUT2D eigenvalue weighted by Crippen LogP contribution is -2.19. The molecule has 1 amide bonds. The highest BCUT2D eigenvalue weighted by atomic mass is 16.5. The van der Waals surface area contributed by atoms with E-state index in [9.17, 15) is 4.79 Å². The van der Waals surface area contributed by atoms with E-state index in [1.807, 2.05) is 36.4 Å². The second kappa shape index (κ2) is 9.20. The Morgan fingerprint density at radius 2 is 1.69 bits per heavy atom. The van der Waals surface area contributed by atoms with E-state index in [-0.39, 0.29) is 11.4 Å². The number of nitrogens with two attached hydrogens (primary N) is 1. The summed E-state index contributed by atoms with van der Waals surface area (Å²) in [6.45, 7) is 3.66. The number of aromatic nitrogens is 2. The maximum Gasteiger partial charge on any atom is 0.274 e. The summed E-state index contributed by atoms with van der Waals surface area (Å²) in [4.78, 5) is 24.3. The predicted octanol–water partition coefficient (Wildman–Crippen LogP) is 2.95. The highest BCUT2D eigenvalue weighted by molar-refractivity contribution is 6.02. The van der Waals surface area contributed by atoms with Crippen LogP contribution in [0.25, 0.3) is 16.8 Å². The van der Waals surface area contributed by atoms with Crippen LogP contribution in [0.3, 0.4) is 0 Å². The van der Waals surface area contributed by atoms with E-state index in [2.05, 4.69) is 21.5 Å². The first-order valence-electron chi connectivity index (χ1n) is 8.69. The van der Waals surface area contributed by atoms with Crippen LogP contribution in [0.15, 0.2) is 96.5 Å². The lowest BCUT2D eigenvalue weighted by Gasteiger charge is -2.08. The summed E-state index contributed by atoms with van der Waals surface area (Å²) in [6.07, 6.45) is 8.17. The van der Waals surface area contributed by atoms with Crippen LogP contribution in [-0.2, 0) is 4.79 Å². The molecule has 3 rings (SSSR count). The van der Waals surface area contributed by atoms with E-state index in [4.69, 9.17) is 10.9 Å². The number of hydrogen-bond donors (Lipinski definition) is 3. The van der Waals surface area contributed by atoms with E-state index < -0.39 is 5.91 Å². The lowest BCUT2D eigenvalue weighted by molar-refractivity contribution is -0.124. The van der Waals surface area contributed by atoms with Crippen molar-refractivity contribution in [3.63, 3.8) is 0 Å². The fourth-order valence-corrected chi connectivity index (χ4v) is 2.56. The molecule has 0 saturated carbocycles. The molecular weight excluding hydrogens is 366 g/mol. The van der Waals surface area contributed by atoms with Crippen LogP contribution in [0.2, 0.25) is 0 Å². The highest BCUT2D eigenvalue weighted by Gasteiger charge is 2.09. The third-order valence-electron chi connectivity index (χ3n) is 4.08. The monoisotopic (exact) mass is 385 g/mol.